The molecule has 0 fully saturated rings. The van der Waals surface area contributed by atoms with Crippen LogP contribution in [0.2, 0.25) is 0 Å². The lowest BCUT2D eigenvalue weighted by Crippen LogP contribution is -2.27. The van der Waals surface area contributed by atoms with Crippen LogP contribution >= 0.6 is 0 Å². The van der Waals surface area contributed by atoms with E-state index < -0.39 is 0 Å². The first-order valence-corrected chi connectivity index (χ1v) is 8.92. The topological polar surface area (TPSA) is 83.6 Å². The number of nitrogens with zero attached hydrogens (tertiary/aromatic N) is 2. The fourth-order valence-corrected chi connectivity index (χ4v) is 2.39. The quantitative estimate of drug-likeness (QED) is 0.522. The zero-order valence-corrected chi connectivity index (χ0v) is 16.0. The average Bonchev–Trinajstić information content (AvgIpc) is 2.66. The number of carbonyl (C=O) groups excluding carboxylic acids is 2. The van der Waals surface area contributed by atoms with Crippen LogP contribution in [0.15, 0.2) is 42.6 Å². The number of ether oxygens (including phenoxy) is 1. The Morgan fingerprint density at radius 3 is 2.52 bits per heavy atom. The van der Waals surface area contributed by atoms with Gasteiger partial charge in [-0.25, -0.2) is 9.78 Å². The van der Waals surface area contributed by atoms with Crippen LogP contribution < -0.4 is 10.6 Å². The molecule has 0 aliphatic rings. The summed E-state index contributed by atoms with van der Waals surface area (Å²) in [5, 5.41) is 6.03. The molecule has 1 heterocycles. The molecule has 0 aliphatic heterocycles. The molecule has 1 aromatic heterocycles. The third-order valence-corrected chi connectivity index (χ3v) is 3.76. The standard InChI is InChI=1S/C20H26N4O3/c1-4-27-20(26)15-6-8-17(9-7-15)23-18-14-16(10-12-21-18)19(25)22-11-5-13-24(2)3/h6-10,12,14H,4-5,11,13H2,1-3H3,(H,21,23)(H,22,25). The van der Waals surface area contributed by atoms with Gasteiger partial charge in [0.15, 0.2) is 0 Å². The number of pyridine rings is 1. The van der Waals surface area contributed by atoms with Gasteiger partial charge in [0.05, 0.1) is 12.2 Å². The molecule has 1 aromatic carbocycles. The molecule has 0 bridgehead atoms. The summed E-state index contributed by atoms with van der Waals surface area (Å²) in [5.74, 6) is 0.0757. The molecule has 7 heteroatoms. The first kappa shape index (κ1) is 20.4. The Morgan fingerprint density at radius 2 is 1.85 bits per heavy atom. The highest BCUT2D eigenvalue weighted by Gasteiger charge is 2.08. The minimum atomic E-state index is -0.352. The summed E-state index contributed by atoms with van der Waals surface area (Å²) in [5.41, 5.74) is 1.79. The molecule has 1 amide bonds. The van der Waals surface area contributed by atoms with Gasteiger partial charge in [-0.05, 0) is 70.4 Å². The second-order valence-electron chi connectivity index (χ2n) is 6.27. The van der Waals surface area contributed by atoms with E-state index in [1.165, 1.54) is 0 Å². The number of nitrogens with one attached hydrogen (secondary N) is 2. The molecule has 0 saturated carbocycles. The van der Waals surface area contributed by atoms with Gasteiger partial charge in [-0.15, -0.1) is 0 Å². The number of aromatic nitrogens is 1. The molecule has 0 radical (unpaired) electrons. The fourth-order valence-electron chi connectivity index (χ4n) is 2.39. The highest BCUT2D eigenvalue weighted by atomic mass is 16.5. The van der Waals surface area contributed by atoms with Crippen molar-refractivity contribution in [1.29, 1.82) is 0 Å². The normalized spacial score (nSPS) is 10.5. The highest BCUT2D eigenvalue weighted by Crippen LogP contribution is 2.16. The van der Waals surface area contributed by atoms with Crippen molar-refractivity contribution in [3.63, 3.8) is 0 Å². The molecule has 0 saturated heterocycles. The number of anilines is 2. The van der Waals surface area contributed by atoms with Crippen LogP contribution in [-0.4, -0.2) is 55.6 Å². The van der Waals surface area contributed by atoms with Crippen LogP contribution in [0.5, 0.6) is 0 Å². The van der Waals surface area contributed by atoms with Gasteiger partial charge in [-0.2, -0.15) is 0 Å². The van der Waals surface area contributed by atoms with Gasteiger partial charge in [0.2, 0.25) is 0 Å². The number of carbonyl (C=O) groups is 2. The van der Waals surface area contributed by atoms with E-state index in [2.05, 4.69) is 20.5 Å². The van der Waals surface area contributed by atoms with Gasteiger partial charge in [0.25, 0.3) is 5.91 Å². The summed E-state index contributed by atoms with van der Waals surface area (Å²) >= 11 is 0. The van der Waals surface area contributed by atoms with Crippen LogP contribution in [0.25, 0.3) is 0 Å². The zero-order valence-electron chi connectivity index (χ0n) is 16.0. The minimum absolute atomic E-state index is 0.128. The van der Waals surface area contributed by atoms with Crippen molar-refractivity contribution in [3.8, 4) is 0 Å². The Morgan fingerprint density at radius 1 is 1.11 bits per heavy atom. The molecule has 2 rings (SSSR count). The SMILES string of the molecule is CCOC(=O)c1ccc(Nc2cc(C(=O)NCCCN(C)C)ccn2)cc1. The van der Waals surface area contributed by atoms with Crippen molar-refractivity contribution in [2.45, 2.75) is 13.3 Å². The zero-order chi connectivity index (χ0) is 19.6. The van der Waals surface area contributed by atoms with Gasteiger partial charge >= 0.3 is 5.97 Å². The first-order valence-electron chi connectivity index (χ1n) is 8.92. The number of amides is 1. The predicted molar refractivity (Wildman–Crippen MR) is 105 cm³/mol. The van der Waals surface area contributed by atoms with Crippen molar-refractivity contribution < 1.29 is 14.3 Å². The van der Waals surface area contributed by atoms with Crippen molar-refractivity contribution in [1.82, 2.24) is 15.2 Å². The summed E-state index contributed by atoms with van der Waals surface area (Å²) < 4.78 is 4.96. The molecule has 2 N–H and O–H groups in total. The summed E-state index contributed by atoms with van der Waals surface area (Å²) in [6.07, 6.45) is 2.48. The van der Waals surface area contributed by atoms with E-state index in [0.717, 1.165) is 18.7 Å². The smallest absolute Gasteiger partial charge is 0.338 e. The molecule has 7 nitrogen and oxygen atoms in total. The molecule has 0 spiro atoms. The lowest BCUT2D eigenvalue weighted by atomic mass is 10.2. The van der Waals surface area contributed by atoms with E-state index in [4.69, 9.17) is 4.74 Å². The Labute approximate surface area is 159 Å². The number of hydrogen-bond acceptors (Lipinski definition) is 6. The second kappa shape index (κ2) is 10.3. The predicted octanol–water partition coefficient (Wildman–Crippen LogP) is 2.68. The van der Waals surface area contributed by atoms with Crippen LogP contribution in [-0.2, 0) is 4.74 Å². The Hall–Kier alpha value is -2.93. The molecule has 27 heavy (non-hydrogen) atoms. The lowest BCUT2D eigenvalue weighted by Gasteiger charge is -2.11. The number of hydrogen-bond donors (Lipinski definition) is 2. The monoisotopic (exact) mass is 370 g/mol. The minimum Gasteiger partial charge on any atom is -0.462 e. The van der Waals surface area contributed by atoms with E-state index in [-0.39, 0.29) is 11.9 Å². The average molecular weight is 370 g/mol. The summed E-state index contributed by atoms with van der Waals surface area (Å²) in [6, 6.07) is 10.3. The van der Waals surface area contributed by atoms with E-state index >= 15 is 0 Å². The van der Waals surface area contributed by atoms with E-state index in [1.807, 2.05) is 14.1 Å². The maximum Gasteiger partial charge on any atom is 0.338 e. The maximum absolute atomic E-state index is 12.2. The molecule has 0 atom stereocenters. The van der Waals surface area contributed by atoms with Gasteiger partial charge in [-0.1, -0.05) is 0 Å². The van der Waals surface area contributed by atoms with E-state index in [9.17, 15) is 9.59 Å². The van der Waals surface area contributed by atoms with Crippen LogP contribution in [0.1, 0.15) is 34.1 Å². The maximum atomic E-state index is 12.2. The summed E-state index contributed by atoms with van der Waals surface area (Å²) in [7, 11) is 4.00. The largest absolute Gasteiger partial charge is 0.462 e. The highest BCUT2D eigenvalue weighted by molar-refractivity contribution is 5.95. The number of rotatable bonds is 9. The first-order chi connectivity index (χ1) is 13.0. The van der Waals surface area contributed by atoms with Gasteiger partial charge in [0.1, 0.15) is 5.82 Å². The third kappa shape index (κ3) is 6.71. The molecular weight excluding hydrogens is 344 g/mol. The van der Waals surface area contributed by atoms with Crippen LogP contribution in [0.4, 0.5) is 11.5 Å². The molecule has 0 aliphatic carbocycles. The van der Waals surface area contributed by atoms with E-state index in [0.29, 0.717) is 30.1 Å². The molecule has 0 unspecified atom stereocenters. The van der Waals surface area contributed by atoms with Gasteiger partial charge in [-0.3, -0.25) is 4.79 Å². The Bertz CT molecular complexity index is 760. The molecule has 2 aromatic rings. The lowest BCUT2D eigenvalue weighted by molar-refractivity contribution is 0.0526. The van der Waals surface area contributed by atoms with Gasteiger partial charge in [0, 0.05) is 24.0 Å². The van der Waals surface area contributed by atoms with Gasteiger partial charge < -0.3 is 20.3 Å². The third-order valence-electron chi connectivity index (χ3n) is 3.76. The number of esters is 1. The summed E-state index contributed by atoms with van der Waals surface area (Å²) in [6.45, 7) is 3.65. The second-order valence-corrected chi connectivity index (χ2v) is 6.27. The van der Waals surface area contributed by atoms with Crippen LogP contribution in [0, 0.1) is 0 Å². The van der Waals surface area contributed by atoms with Crippen molar-refractivity contribution in [2.24, 2.45) is 0 Å². The summed E-state index contributed by atoms with van der Waals surface area (Å²) in [4.78, 5) is 30.2. The van der Waals surface area contributed by atoms with Crippen molar-refractivity contribution in [2.75, 3.05) is 39.1 Å². The number of benzene rings is 1. The molecule has 144 valence electrons. The fraction of sp³-hybridized carbons (Fsp3) is 0.350. The molecular formula is C20H26N4O3. The Balaban J connectivity index is 1.95. The van der Waals surface area contributed by atoms with Crippen LogP contribution in [0.3, 0.4) is 0 Å². The Kier molecular flexibility index (Phi) is 7.76. The van der Waals surface area contributed by atoms with Crippen molar-refractivity contribution >= 4 is 23.4 Å². The van der Waals surface area contributed by atoms with Crippen molar-refractivity contribution in [3.05, 3.63) is 53.7 Å². The van der Waals surface area contributed by atoms with E-state index in [1.54, 1.807) is 49.5 Å².